The van der Waals surface area contributed by atoms with Crippen molar-refractivity contribution >= 4 is 17.4 Å². The van der Waals surface area contributed by atoms with Gasteiger partial charge < -0.3 is 5.32 Å². The van der Waals surface area contributed by atoms with Crippen LogP contribution < -0.4 is 5.32 Å². The van der Waals surface area contributed by atoms with Crippen molar-refractivity contribution in [2.75, 3.05) is 5.32 Å². The number of para-hydroxylation sites is 1. The van der Waals surface area contributed by atoms with Gasteiger partial charge >= 0.3 is 12.4 Å². The van der Waals surface area contributed by atoms with Gasteiger partial charge in [-0.1, -0.05) is 12.1 Å². The summed E-state index contributed by atoms with van der Waals surface area (Å²) in [6, 6.07) is 5.97. The number of carbonyl (C=O) groups is 2. The van der Waals surface area contributed by atoms with Crippen molar-refractivity contribution in [2.45, 2.75) is 19.3 Å². The van der Waals surface area contributed by atoms with E-state index >= 15 is 0 Å². The summed E-state index contributed by atoms with van der Waals surface area (Å²) in [6.45, 7) is 1.15. The van der Waals surface area contributed by atoms with E-state index in [-0.39, 0.29) is 17.3 Å². The number of hydrogen-bond donors (Lipinski definition) is 1. The fourth-order valence-electron chi connectivity index (χ4n) is 2.22. The first kappa shape index (κ1) is 19.5. The predicted molar refractivity (Wildman–Crippen MR) is 80.6 cm³/mol. The molecule has 2 aromatic carbocycles. The number of amides is 1. The van der Waals surface area contributed by atoms with Crippen molar-refractivity contribution in [1.82, 2.24) is 0 Å². The summed E-state index contributed by atoms with van der Waals surface area (Å²) >= 11 is 0. The molecule has 2 rings (SSSR count). The summed E-state index contributed by atoms with van der Waals surface area (Å²) in [4.78, 5) is 23.7. The third-order valence-electron chi connectivity index (χ3n) is 3.33. The summed E-state index contributed by atoms with van der Waals surface area (Å²) in [5.41, 5.74) is -4.21. The van der Waals surface area contributed by atoms with Crippen molar-refractivity contribution in [1.29, 1.82) is 0 Å². The zero-order chi connectivity index (χ0) is 19.7. The summed E-state index contributed by atoms with van der Waals surface area (Å²) in [5.74, 6) is -1.63. The van der Waals surface area contributed by atoms with Crippen molar-refractivity contribution in [2.24, 2.45) is 0 Å². The van der Waals surface area contributed by atoms with Gasteiger partial charge in [0.1, 0.15) is 0 Å². The lowest BCUT2D eigenvalue weighted by molar-refractivity contribution is -0.143. The van der Waals surface area contributed by atoms with Gasteiger partial charge in [-0.15, -0.1) is 0 Å². The number of rotatable bonds is 3. The molecule has 0 saturated heterocycles. The molecule has 0 heterocycles. The first-order chi connectivity index (χ1) is 11.9. The van der Waals surface area contributed by atoms with E-state index in [0.717, 1.165) is 6.92 Å². The van der Waals surface area contributed by atoms with E-state index in [4.69, 9.17) is 0 Å². The largest absolute Gasteiger partial charge is 0.416 e. The lowest BCUT2D eigenvalue weighted by Crippen LogP contribution is -2.15. The Kier molecular flexibility index (Phi) is 5.11. The van der Waals surface area contributed by atoms with Crippen LogP contribution in [0.2, 0.25) is 0 Å². The van der Waals surface area contributed by atoms with Crippen LogP contribution in [0.3, 0.4) is 0 Å². The van der Waals surface area contributed by atoms with E-state index in [9.17, 15) is 35.9 Å². The normalized spacial score (nSPS) is 12.0. The number of anilines is 1. The van der Waals surface area contributed by atoms with Crippen molar-refractivity contribution in [3.05, 3.63) is 64.7 Å². The Balaban J connectivity index is 2.61. The van der Waals surface area contributed by atoms with Gasteiger partial charge in [0.2, 0.25) is 5.91 Å². The quantitative estimate of drug-likeness (QED) is 0.612. The molecule has 1 N–H and O–H groups in total. The molecule has 0 aromatic heterocycles. The van der Waals surface area contributed by atoms with Crippen LogP contribution in [-0.4, -0.2) is 11.7 Å². The van der Waals surface area contributed by atoms with E-state index in [0.29, 0.717) is 12.1 Å². The number of nitrogens with one attached hydrogen (secondary N) is 1. The lowest BCUT2D eigenvalue weighted by Gasteiger charge is -2.15. The topological polar surface area (TPSA) is 46.2 Å². The molecule has 0 unspecified atom stereocenters. The fourth-order valence-corrected chi connectivity index (χ4v) is 2.22. The Morgan fingerprint density at radius 1 is 0.846 bits per heavy atom. The monoisotopic (exact) mass is 375 g/mol. The maximum atomic E-state index is 12.9. The third kappa shape index (κ3) is 4.41. The molecule has 2 aromatic rings. The molecule has 0 saturated carbocycles. The summed E-state index contributed by atoms with van der Waals surface area (Å²) in [7, 11) is 0. The van der Waals surface area contributed by atoms with Crippen LogP contribution >= 0.6 is 0 Å². The predicted octanol–water partition coefficient (Wildman–Crippen LogP) is 4.91. The minimum Gasteiger partial charge on any atom is -0.326 e. The first-order valence-electron chi connectivity index (χ1n) is 7.10. The van der Waals surface area contributed by atoms with Crippen LogP contribution in [0.4, 0.5) is 32.0 Å². The van der Waals surface area contributed by atoms with Gasteiger partial charge in [0.25, 0.3) is 0 Å². The van der Waals surface area contributed by atoms with Gasteiger partial charge in [-0.3, -0.25) is 9.59 Å². The molecule has 26 heavy (non-hydrogen) atoms. The number of carbonyl (C=O) groups excluding carboxylic acids is 2. The van der Waals surface area contributed by atoms with Gasteiger partial charge in [-0.2, -0.15) is 26.3 Å². The van der Waals surface area contributed by atoms with Crippen LogP contribution in [0.15, 0.2) is 42.5 Å². The average Bonchev–Trinajstić information content (AvgIpc) is 2.52. The molecule has 0 fully saturated rings. The smallest absolute Gasteiger partial charge is 0.326 e. The Hall–Kier alpha value is -2.84. The second-order valence-electron chi connectivity index (χ2n) is 5.35. The van der Waals surface area contributed by atoms with Crippen LogP contribution in [-0.2, 0) is 17.1 Å². The minimum atomic E-state index is -5.06. The number of ketones is 1. The van der Waals surface area contributed by atoms with Gasteiger partial charge in [-0.05, 0) is 30.3 Å². The second kappa shape index (κ2) is 6.81. The standard InChI is InChI=1S/C17H11F6NO2/c1-9(25)24-14-5-3-2-4-13(14)15(26)10-6-11(16(18,19)20)8-12(7-10)17(21,22)23/h2-8H,1H3,(H,24,25). The molecule has 0 aliphatic heterocycles. The van der Waals surface area contributed by atoms with Gasteiger partial charge in [0.05, 0.1) is 16.8 Å². The molecule has 138 valence electrons. The van der Waals surface area contributed by atoms with Crippen molar-refractivity contribution < 1.29 is 35.9 Å². The Morgan fingerprint density at radius 2 is 1.35 bits per heavy atom. The Morgan fingerprint density at radius 3 is 1.81 bits per heavy atom. The minimum absolute atomic E-state index is 0.0176. The molecule has 0 aliphatic rings. The highest BCUT2D eigenvalue weighted by Crippen LogP contribution is 2.37. The van der Waals surface area contributed by atoms with Gasteiger partial charge in [0, 0.05) is 18.1 Å². The Labute approximate surface area is 143 Å². The number of hydrogen-bond acceptors (Lipinski definition) is 2. The van der Waals surface area contributed by atoms with E-state index in [1.165, 1.54) is 24.3 Å². The van der Waals surface area contributed by atoms with Gasteiger partial charge in [0.15, 0.2) is 5.78 Å². The van der Waals surface area contributed by atoms with Crippen LogP contribution in [0.1, 0.15) is 34.0 Å². The number of benzene rings is 2. The molecule has 0 aliphatic carbocycles. The first-order valence-corrected chi connectivity index (χ1v) is 7.10. The lowest BCUT2D eigenvalue weighted by atomic mass is 9.97. The maximum Gasteiger partial charge on any atom is 0.416 e. The van der Waals surface area contributed by atoms with Crippen LogP contribution in [0, 0.1) is 0 Å². The van der Waals surface area contributed by atoms with E-state index in [1.54, 1.807) is 0 Å². The van der Waals surface area contributed by atoms with Gasteiger partial charge in [-0.25, -0.2) is 0 Å². The van der Waals surface area contributed by atoms with Crippen LogP contribution in [0.5, 0.6) is 0 Å². The van der Waals surface area contributed by atoms with Crippen LogP contribution in [0.25, 0.3) is 0 Å². The highest BCUT2D eigenvalue weighted by atomic mass is 19.4. The van der Waals surface area contributed by atoms with E-state index in [2.05, 4.69) is 5.32 Å². The summed E-state index contributed by atoms with van der Waals surface area (Å²) in [6.07, 6.45) is -10.1. The molecule has 0 atom stereocenters. The van der Waals surface area contributed by atoms with Crippen molar-refractivity contribution in [3.63, 3.8) is 0 Å². The molecule has 1 amide bonds. The van der Waals surface area contributed by atoms with E-state index in [1.807, 2.05) is 0 Å². The molecule has 9 heteroatoms. The molecule has 0 bridgehead atoms. The third-order valence-corrected chi connectivity index (χ3v) is 3.33. The molecule has 0 spiro atoms. The summed E-state index contributed by atoms with van der Waals surface area (Å²) in [5, 5.41) is 2.31. The molecule has 3 nitrogen and oxygen atoms in total. The van der Waals surface area contributed by atoms with E-state index < -0.39 is 40.7 Å². The molecular weight excluding hydrogens is 364 g/mol. The second-order valence-corrected chi connectivity index (χ2v) is 5.35. The Bertz CT molecular complexity index is 823. The highest BCUT2D eigenvalue weighted by molar-refractivity contribution is 6.13. The number of alkyl halides is 6. The average molecular weight is 375 g/mol. The zero-order valence-corrected chi connectivity index (χ0v) is 13.1. The SMILES string of the molecule is CC(=O)Nc1ccccc1C(=O)c1cc(C(F)(F)F)cc(C(F)(F)F)c1. The maximum absolute atomic E-state index is 12.9. The molecule has 0 radical (unpaired) electrons. The number of halogens is 6. The van der Waals surface area contributed by atoms with Crippen molar-refractivity contribution in [3.8, 4) is 0 Å². The summed E-state index contributed by atoms with van der Waals surface area (Å²) < 4.78 is 77.5. The fraction of sp³-hybridized carbons (Fsp3) is 0.176. The molecular formula is C17H11F6NO2. The highest BCUT2D eigenvalue weighted by Gasteiger charge is 2.37. The zero-order valence-electron chi connectivity index (χ0n) is 13.1.